The van der Waals surface area contributed by atoms with Crippen LogP contribution in [0.4, 0.5) is 18.9 Å². The molecule has 0 radical (unpaired) electrons. The van der Waals surface area contributed by atoms with Crippen molar-refractivity contribution in [3.63, 3.8) is 0 Å². The normalized spacial score (nSPS) is 23.4. The zero-order valence-electron chi connectivity index (χ0n) is 12.3. The molecule has 0 heterocycles. The van der Waals surface area contributed by atoms with E-state index in [9.17, 15) is 13.2 Å². The van der Waals surface area contributed by atoms with E-state index < -0.39 is 11.7 Å². The quantitative estimate of drug-likeness (QED) is 0.684. The molecule has 0 bridgehead atoms. The van der Waals surface area contributed by atoms with Gasteiger partial charge in [-0.15, -0.1) is 0 Å². The highest BCUT2D eigenvalue weighted by atomic mass is 79.9. The van der Waals surface area contributed by atoms with Gasteiger partial charge in [-0.2, -0.15) is 13.2 Å². The summed E-state index contributed by atoms with van der Waals surface area (Å²) in [5.74, 6) is 0.906. The summed E-state index contributed by atoms with van der Waals surface area (Å²) < 4.78 is 40.1. The first kappa shape index (κ1) is 16.7. The van der Waals surface area contributed by atoms with E-state index in [-0.39, 0.29) is 11.7 Å². The van der Waals surface area contributed by atoms with Gasteiger partial charge in [0, 0.05) is 16.2 Å². The van der Waals surface area contributed by atoms with E-state index in [1.807, 2.05) is 0 Å². The predicted molar refractivity (Wildman–Crippen MR) is 83.4 cm³/mol. The predicted octanol–water partition coefficient (Wildman–Crippen LogP) is 6.09. The van der Waals surface area contributed by atoms with Gasteiger partial charge in [-0.1, -0.05) is 42.6 Å². The van der Waals surface area contributed by atoms with Crippen LogP contribution in [0.25, 0.3) is 0 Å². The summed E-state index contributed by atoms with van der Waals surface area (Å²) in [5.41, 5.74) is -0.395. The summed E-state index contributed by atoms with van der Waals surface area (Å²) in [6.07, 6.45) is -0.0513. The molecule has 0 amide bonds. The Labute approximate surface area is 132 Å². The van der Waals surface area contributed by atoms with E-state index >= 15 is 0 Å². The molecule has 5 heteroatoms. The molecule has 0 aromatic heterocycles. The number of hydrogen-bond acceptors (Lipinski definition) is 1. The number of anilines is 1. The summed E-state index contributed by atoms with van der Waals surface area (Å²) in [6, 6.07) is 4.23. The largest absolute Gasteiger partial charge is 0.418 e. The van der Waals surface area contributed by atoms with Gasteiger partial charge in [0.15, 0.2) is 0 Å². The zero-order chi connectivity index (χ0) is 15.6. The van der Waals surface area contributed by atoms with Gasteiger partial charge in [-0.05, 0) is 42.9 Å². The second kappa shape index (κ2) is 6.59. The van der Waals surface area contributed by atoms with Crippen LogP contribution in [0.2, 0.25) is 0 Å². The summed E-state index contributed by atoms with van der Waals surface area (Å²) in [4.78, 5) is 0. The SMILES string of the molecule is CC(C)C1CCCCC1Nc1cc(Br)ccc1C(F)(F)F. The monoisotopic (exact) mass is 363 g/mol. The van der Waals surface area contributed by atoms with Crippen LogP contribution in [-0.4, -0.2) is 6.04 Å². The molecule has 1 nitrogen and oxygen atoms in total. The first-order chi connectivity index (χ1) is 9.79. The van der Waals surface area contributed by atoms with Crippen molar-refractivity contribution in [1.29, 1.82) is 0 Å². The molecule has 1 N–H and O–H groups in total. The highest BCUT2D eigenvalue weighted by molar-refractivity contribution is 9.10. The van der Waals surface area contributed by atoms with E-state index in [0.717, 1.165) is 25.3 Å². The molecule has 2 unspecified atom stereocenters. The van der Waals surface area contributed by atoms with Gasteiger partial charge in [-0.25, -0.2) is 0 Å². The summed E-state index contributed by atoms with van der Waals surface area (Å²) >= 11 is 3.26. The Morgan fingerprint density at radius 3 is 2.48 bits per heavy atom. The van der Waals surface area contributed by atoms with Gasteiger partial charge >= 0.3 is 6.18 Å². The third-order valence-corrected chi connectivity index (χ3v) is 4.80. The molecule has 1 aromatic rings. The number of nitrogens with one attached hydrogen (secondary N) is 1. The van der Waals surface area contributed by atoms with E-state index in [1.54, 1.807) is 0 Å². The highest BCUT2D eigenvalue weighted by Gasteiger charge is 2.35. The molecule has 0 aliphatic heterocycles. The second-order valence-corrected chi connectivity index (χ2v) is 7.05. The van der Waals surface area contributed by atoms with E-state index in [0.29, 0.717) is 16.3 Å². The molecule has 21 heavy (non-hydrogen) atoms. The van der Waals surface area contributed by atoms with Crippen molar-refractivity contribution in [1.82, 2.24) is 0 Å². The van der Waals surface area contributed by atoms with Crippen LogP contribution >= 0.6 is 15.9 Å². The van der Waals surface area contributed by atoms with Gasteiger partial charge in [0.1, 0.15) is 0 Å². The van der Waals surface area contributed by atoms with E-state index in [4.69, 9.17) is 0 Å². The fourth-order valence-corrected chi connectivity index (χ4v) is 3.58. The molecule has 0 saturated heterocycles. The third kappa shape index (κ3) is 4.15. The highest BCUT2D eigenvalue weighted by Crippen LogP contribution is 2.39. The van der Waals surface area contributed by atoms with Gasteiger partial charge in [0.25, 0.3) is 0 Å². The Kier molecular flexibility index (Phi) is 5.23. The average molecular weight is 364 g/mol. The molecule has 1 fully saturated rings. The standard InChI is InChI=1S/C16H21BrF3N/c1-10(2)12-5-3-4-6-14(12)21-15-9-11(17)7-8-13(15)16(18,19)20/h7-10,12,14,21H,3-6H2,1-2H3. The average Bonchev–Trinajstić information content (AvgIpc) is 2.37. The van der Waals surface area contributed by atoms with Crippen LogP contribution < -0.4 is 5.32 Å². The summed E-state index contributed by atoms with van der Waals surface area (Å²) in [6.45, 7) is 4.30. The van der Waals surface area contributed by atoms with Crippen LogP contribution in [0.3, 0.4) is 0 Å². The van der Waals surface area contributed by atoms with Crippen LogP contribution in [0.1, 0.15) is 45.1 Å². The molecular weight excluding hydrogens is 343 g/mol. The van der Waals surface area contributed by atoms with E-state index in [1.165, 1.54) is 18.6 Å². The minimum absolute atomic E-state index is 0.120. The minimum atomic E-state index is -4.33. The van der Waals surface area contributed by atoms with Gasteiger partial charge < -0.3 is 5.32 Å². The first-order valence-corrected chi connectivity index (χ1v) is 8.21. The molecule has 1 aliphatic carbocycles. The maximum absolute atomic E-state index is 13.1. The van der Waals surface area contributed by atoms with Crippen LogP contribution in [0, 0.1) is 11.8 Å². The van der Waals surface area contributed by atoms with Gasteiger partial charge in [0.05, 0.1) is 5.56 Å². The number of benzene rings is 1. The number of halogens is 4. The number of alkyl halides is 3. The Hall–Kier alpha value is -0.710. The van der Waals surface area contributed by atoms with E-state index in [2.05, 4.69) is 35.1 Å². The molecule has 1 aromatic carbocycles. The lowest BCUT2D eigenvalue weighted by atomic mass is 9.77. The number of hydrogen-bond donors (Lipinski definition) is 1. The molecule has 1 saturated carbocycles. The molecular formula is C16H21BrF3N. The zero-order valence-corrected chi connectivity index (χ0v) is 13.9. The first-order valence-electron chi connectivity index (χ1n) is 7.42. The Balaban J connectivity index is 2.27. The summed E-state index contributed by atoms with van der Waals surface area (Å²) in [7, 11) is 0. The van der Waals surface area contributed by atoms with Crippen LogP contribution in [-0.2, 0) is 6.18 Å². The smallest absolute Gasteiger partial charge is 0.382 e. The van der Waals surface area contributed by atoms with Gasteiger partial charge in [-0.3, -0.25) is 0 Å². The molecule has 2 atom stereocenters. The fourth-order valence-electron chi connectivity index (χ4n) is 3.22. The van der Waals surface area contributed by atoms with Crippen molar-refractivity contribution in [3.8, 4) is 0 Å². The second-order valence-electron chi connectivity index (χ2n) is 6.13. The molecule has 2 rings (SSSR count). The number of rotatable bonds is 3. The topological polar surface area (TPSA) is 12.0 Å². The van der Waals surface area contributed by atoms with Crippen molar-refractivity contribution < 1.29 is 13.2 Å². The van der Waals surface area contributed by atoms with Crippen LogP contribution in [0.15, 0.2) is 22.7 Å². The maximum atomic E-state index is 13.1. The molecule has 118 valence electrons. The fraction of sp³-hybridized carbons (Fsp3) is 0.625. The lowest BCUT2D eigenvalue weighted by Gasteiger charge is -2.36. The Bertz CT molecular complexity index is 485. The molecule has 0 spiro atoms. The van der Waals surface area contributed by atoms with Crippen molar-refractivity contribution in [2.24, 2.45) is 11.8 Å². The minimum Gasteiger partial charge on any atom is -0.382 e. The summed E-state index contributed by atoms with van der Waals surface area (Å²) in [5, 5.41) is 3.18. The van der Waals surface area contributed by atoms with Crippen molar-refractivity contribution in [2.45, 2.75) is 51.7 Å². The Morgan fingerprint density at radius 2 is 1.86 bits per heavy atom. The van der Waals surface area contributed by atoms with Crippen LogP contribution in [0.5, 0.6) is 0 Å². The molecule has 1 aliphatic rings. The van der Waals surface area contributed by atoms with Crippen molar-refractivity contribution in [2.75, 3.05) is 5.32 Å². The van der Waals surface area contributed by atoms with Crippen molar-refractivity contribution in [3.05, 3.63) is 28.2 Å². The maximum Gasteiger partial charge on any atom is 0.418 e. The van der Waals surface area contributed by atoms with Crippen molar-refractivity contribution >= 4 is 21.6 Å². The lowest BCUT2D eigenvalue weighted by Crippen LogP contribution is -2.35. The lowest BCUT2D eigenvalue weighted by molar-refractivity contribution is -0.137. The van der Waals surface area contributed by atoms with Gasteiger partial charge in [0.2, 0.25) is 0 Å². The Morgan fingerprint density at radius 1 is 1.19 bits per heavy atom. The third-order valence-electron chi connectivity index (χ3n) is 4.30.